The molecule has 1 saturated heterocycles. The minimum Gasteiger partial charge on any atom is -0.480 e. The number of rotatable bonds is 3. The van der Waals surface area contributed by atoms with Gasteiger partial charge in [0.1, 0.15) is 6.04 Å². The summed E-state index contributed by atoms with van der Waals surface area (Å²) in [5.41, 5.74) is 2.74. The molecule has 110 valence electrons. The lowest BCUT2D eigenvalue weighted by Crippen LogP contribution is -2.37. The van der Waals surface area contributed by atoms with Crippen molar-refractivity contribution in [3.8, 4) is 0 Å². The van der Waals surface area contributed by atoms with Crippen LogP contribution in [-0.2, 0) is 4.79 Å². The first-order valence-corrected chi connectivity index (χ1v) is 7.49. The van der Waals surface area contributed by atoms with Crippen LogP contribution in [0.4, 0.5) is 0 Å². The third-order valence-corrected chi connectivity index (χ3v) is 4.16. The van der Waals surface area contributed by atoms with Crippen molar-refractivity contribution >= 4 is 16.9 Å². The van der Waals surface area contributed by atoms with Gasteiger partial charge in [-0.15, -0.1) is 0 Å². The number of hydrogen-bond acceptors (Lipinski definition) is 3. The van der Waals surface area contributed by atoms with Crippen LogP contribution in [0.25, 0.3) is 10.9 Å². The molecule has 1 aliphatic rings. The number of hydrogen-bond donors (Lipinski definition) is 1. The Kier molecular flexibility index (Phi) is 3.88. The molecule has 1 aromatic heterocycles. The quantitative estimate of drug-likeness (QED) is 0.940. The maximum atomic E-state index is 11.7. The Hall–Kier alpha value is -1.94. The Bertz CT molecular complexity index is 663. The number of aryl methyl sites for hydroxylation is 1. The van der Waals surface area contributed by atoms with Gasteiger partial charge in [0.05, 0.1) is 5.52 Å². The lowest BCUT2D eigenvalue weighted by Gasteiger charge is -2.32. The Balaban J connectivity index is 1.98. The summed E-state index contributed by atoms with van der Waals surface area (Å²) in [5, 5.41) is 10.6. The summed E-state index contributed by atoms with van der Waals surface area (Å²) in [7, 11) is 0. The highest BCUT2D eigenvalue weighted by molar-refractivity contribution is 5.82. The summed E-state index contributed by atoms with van der Waals surface area (Å²) in [6, 6.07) is 9.23. The zero-order chi connectivity index (χ0) is 14.8. The third kappa shape index (κ3) is 2.90. The van der Waals surface area contributed by atoms with E-state index in [1.165, 1.54) is 6.42 Å². The minimum absolute atomic E-state index is 0.545. The number of carboxylic acids is 1. The van der Waals surface area contributed by atoms with E-state index in [-0.39, 0.29) is 0 Å². The van der Waals surface area contributed by atoms with Gasteiger partial charge < -0.3 is 5.11 Å². The maximum absolute atomic E-state index is 11.7. The van der Waals surface area contributed by atoms with Gasteiger partial charge in [-0.2, -0.15) is 0 Å². The van der Waals surface area contributed by atoms with Gasteiger partial charge in [0, 0.05) is 11.1 Å². The van der Waals surface area contributed by atoms with Crippen LogP contribution in [0.2, 0.25) is 0 Å². The van der Waals surface area contributed by atoms with E-state index in [9.17, 15) is 9.90 Å². The smallest absolute Gasteiger partial charge is 0.325 e. The van der Waals surface area contributed by atoms with Gasteiger partial charge in [-0.05, 0) is 56.6 Å². The zero-order valence-corrected chi connectivity index (χ0v) is 12.2. The molecule has 0 amide bonds. The molecular weight excluding hydrogens is 264 g/mol. The Morgan fingerprint density at radius 3 is 2.67 bits per heavy atom. The van der Waals surface area contributed by atoms with Crippen molar-refractivity contribution in [3.05, 3.63) is 41.6 Å². The maximum Gasteiger partial charge on any atom is 0.325 e. The van der Waals surface area contributed by atoms with E-state index in [1.54, 1.807) is 0 Å². The first-order chi connectivity index (χ1) is 10.1. The van der Waals surface area contributed by atoms with Crippen molar-refractivity contribution in [1.29, 1.82) is 0 Å². The highest BCUT2D eigenvalue weighted by atomic mass is 16.4. The van der Waals surface area contributed by atoms with E-state index in [4.69, 9.17) is 0 Å². The number of nitrogens with zero attached hydrogens (tertiary/aromatic N) is 2. The van der Waals surface area contributed by atoms with Crippen molar-refractivity contribution in [3.63, 3.8) is 0 Å². The molecule has 2 heterocycles. The molecule has 1 aromatic carbocycles. The molecule has 0 bridgehead atoms. The molecular formula is C17H20N2O2. The molecule has 3 rings (SSSR count). The Morgan fingerprint density at radius 1 is 1.19 bits per heavy atom. The molecule has 4 nitrogen and oxygen atoms in total. The molecule has 0 spiro atoms. The SMILES string of the molecule is Cc1ccc2cc(C(C(=O)O)N3CCCCC3)ccc2n1. The molecule has 1 unspecified atom stereocenters. The van der Waals surface area contributed by atoms with Crippen LogP contribution in [0.3, 0.4) is 0 Å². The fourth-order valence-electron chi connectivity index (χ4n) is 3.10. The molecule has 2 aromatic rings. The van der Waals surface area contributed by atoms with Crippen LogP contribution < -0.4 is 0 Å². The second kappa shape index (κ2) is 5.82. The van der Waals surface area contributed by atoms with E-state index >= 15 is 0 Å². The molecule has 1 N–H and O–H groups in total. The first kappa shape index (κ1) is 14.0. The van der Waals surface area contributed by atoms with Crippen molar-refractivity contribution in [2.75, 3.05) is 13.1 Å². The third-order valence-electron chi connectivity index (χ3n) is 4.16. The van der Waals surface area contributed by atoms with Crippen molar-refractivity contribution in [1.82, 2.24) is 9.88 Å². The van der Waals surface area contributed by atoms with Crippen LogP contribution in [0.1, 0.15) is 36.6 Å². The number of carbonyl (C=O) groups is 1. The second-order valence-electron chi connectivity index (χ2n) is 5.74. The van der Waals surface area contributed by atoms with Crippen molar-refractivity contribution in [2.45, 2.75) is 32.2 Å². The Morgan fingerprint density at radius 2 is 1.95 bits per heavy atom. The highest BCUT2D eigenvalue weighted by Gasteiger charge is 2.28. The van der Waals surface area contributed by atoms with Crippen LogP contribution in [0, 0.1) is 6.92 Å². The average molecular weight is 284 g/mol. The largest absolute Gasteiger partial charge is 0.480 e. The van der Waals surface area contributed by atoms with E-state index in [0.717, 1.165) is 48.1 Å². The first-order valence-electron chi connectivity index (χ1n) is 7.49. The zero-order valence-electron chi connectivity index (χ0n) is 12.2. The number of carboxylic acid groups (broad SMARTS) is 1. The second-order valence-corrected chi connectivity index (χ2v) is 5.74. The molecule has 0 saturated carbocycles. The molecule has 1 fully saturated rings. The number of aromatic nitrogens is 1. The summed E-state index contributed by atoms with van der Waals surface area (Å²) in [6.07, 6.45) is 3.36. The van der Waals surface area contributed by atoms with Gasteiger partial charge >= 0.3 is 5.97 Å². The summed E-state index contributed by atoms with van der Waals surface area (Å²) in [5.74, 6) is -0.767. The van der Waals surface area contributed by atoms with E-state index < -0.39 is 12.0 Å². The number of pyridine rings is 1. The summed E-state index contributed by atoms with van der Waals surface area (Å²) >= 11 is 0. The molecule has 0 radical (unpaired) electrons. The number of aliphatic carboxylic acids is 1. The van der Waals surface area contributed by atoms with Gasteiger partial charge in [0.25, 0.3) is 0 Å². The highest BCUT2D eigenvalue weighted by Crippen LogP contribution is 2.27. The van der Waals surface area contributed by atoms with Gasteiger partial charge in [0.2, 0.25) is 0 Å². The molecule has 0 aliphatic carbocycles. The summed E-state index contributed by atoms with van der Waals surface area (Å²) in [4.78, 5) is 18.3. The van der Waals surface area contributed by atoms with E-state index in [0.29, 0.717) is 0 Å². The van der Waals surface area contributed by atoms with Gasteiger partial charge in [-0.3, -0.25) is 14.7 Å². The number of piperidine rings is 1. The summed E-state index contributed by atoms with van der Waals surface area (Å²) in [6.45, 7) is 3.68. The van der Waals surface area contributed by atoms with Crippen LogP contribution >= 0.6 is 0 Å². The minimum atomic E-state index is -0.767. The summed E-state index contributed by atoms with van der Waals surface area (Å²) < 4.78 is 0. The number of benzene rings is 1. The lowest BCUT2D eigenvalue weighted by atomic mass is 10.00. The fraction of sp³-hybridized carbons (Fsp3) is 0.412. The molecule has 1 aliphatic heterocycles. The van der Waals surface area contributed by atoms with E-state index in [2.05, 4.69) is 9.88 Å². The fourth-order valence-corrected chi connectivity index (χ4v) is 3.10. The van der Waals surface area contributed by atoms with Gasteiger partial charge in [-0.1, -0.05) is 18.6 Å². The van der Waals surface area contributed by atoms with Crippen molar-refractivity contribution in [2.24, 2.45) is 0 Å². The molecule has 1 atom stereocenters. The van der Waals surface area contributed by atoms with Crippen molar-refractivity contribution < 1.29 is 9.90 Å². The predicted octanol–water partition coefficient (Wildman–Crippen LogP) is 3.15. The van der Waals surface area contributed by atoms with E-state index in [1.807, 2.05) is 37.3 Å². The Labute approximate surface area is 124 Å². The van der Waals surface area contributed by atoms with Gasteiger partial charge in [-0.25, -0.2) is 0 Å². The number of fused-ring (bicyclic) bond motifs is 1. The normalized spacial score (nSPS) is 17.8. The molecule has 21 heavy (non-hydrogen) atoms. The van der Waals surface area contributed by atoms with Crippen LogP contribution in [0.15, 0.2) is 30.3 Å². The lowest BCUT2D eigenvalue weighted by molar-refractivity contribution is -0.144. The predicted molar refractivity (Wildman–Crippen MR) is 82.3 cm³/mol. The van der Waals surface area contributed by atoms with Gasteiger partial charge in [0.15, 0.2) is 0 Å². The topological polar surface area (TPSA) is 53.4 Å². The molecule has 4 heteroatoms. The number of likely N-dealkylation sites (tertiary alicyclic amines) is 1. The van der Waals surface area contributed by atoms with Crippen LogP contribution in [0.5, 0.6) is 0 Å². The monoisotopic (exact) mass is 284 g/mol. The average Bonchev–Trinajstić information content (AvgIpc) is 2.48. The standard InChI is InChI=1S/C17H20N2O2/c1-12-5-6-13-11-14(7-8-15(13)18-12)16(17(20)21)19-9-3-2-4-10-19/h5-8,11,16H,2-4,9-10H2,1H3,(H,20,21). The van der Waals surface area contributed by atoms with Crippen LogP contribution in [-0.4, -0.2) is 34.0 Å².